The molecule has 0 aliphatic heterocycles. The zero-order valence-electron chi connectivity index (χ0n) is 11.8. The Bertz CT molecular complexity index is 387. The van der Waals surface area contributed by atoms with Crippen LogP contribution in [0.15, 0.2) is 12.1 Å². The van der Waals surface area contributed by atoms with Gasteiger partial charge in [0.15, 0.2) is 0 Å². The van der Waals surface area contributed by atoms with Crippen LogP contribution in [0.4, 0.5) is 0 Å². The first-order chi connectivity index (χ1) is 7.82. The smallest absolute Gasteiger partial charge is 0.128 e. The van der Waals surface area contributed by atoms with Crippen LogP contribution in [-0.2, 0) is 12.0 Å². The van der Waals surface area contributed by atoms with Gasteiger partial charge in [-0.1, -0.05) is 32.9 Å². The molecule has 0 bridgehead atoms. The summed E-state index contributed by atoms with van der Waals surface area (Å²) in [5.74, 6) is 1.21. The Hall–Kier alpha value is -1.02. The number of ether oxygens (including phenoxy) is 1. The molecule has 0 atom stereocenters. The van der Waals surface area contributed by atoms with Crippen LogP contribution < -0.4 is 4.74 Å². The van der Waals surface area contributed by atoms with E-state index in [2.05, 4.69) is 32.9 Å². The largest absolute Gasteiger partial charge is 0.496 e. The maximum Gasteiger partial charge on any atom is 0.128 e. The summed E-state index contributed by atoms with van der Waals surface area (Å²) in [7, 11) is 1.67. The molecule has 17 heavy (non-hydrogen) atoms. The molecule has 0 aliphatic carbocycles. The van der Waals surface area contributed by atoms with Gasteiger partial charge in [-0.05, 0) is 37.3 Å². The van der Waals surface area contributed by atoms with Gasteiger partial charge in [0.2, 0.25) is 0 Å². The Morgan fingerprint density at radius 3 is 2.24 bits per heavy atom. The van der Waals surface area contributed by atoms with Crippen molar-refractivity contribution in [3.8, 4) is 5.75 Å². The molecular formula is C15H24O2. The van der Waals surface area contributed by atoms with Gasteiger partial charge in [0, 0.05) is 5.56 Å². The molecule has 0 saturated carbocycles. The third-order valence-electron chi connectivity index (χ3n) is 3.09. The second-order valence-corrected chi connectivity index (χ2v) is 5.29. The van der Waals surface area contributed by atoms with Gasteiger partial charge in [0.25, 0.3) is 0 Å². The number of methoxy groups -OCH3 is 1. The molecule has 0 fully saturated rings. The summed E-state index contributed by atoms with van der Waals surface area (Å²) < 4.78 is 5.52. The van der Waals surface area contributed by atoms with E-state index in [0.717, 1.165) is 28.9 Å². The van der Waals surface area contributed by atoms with Gasteiger partial charge in [-0.3, -0.25) is 0 Å². The van der Waals surface area contributed by atoms with Crippen molar-refractivity contribution in [3.63, 3.8) is 0 Å². The summed E-state index contributed by atoms with van der Waals surface area (Å²) in [6, 6.07) is 4.21. The molecule has 0 amide bonds. The summed E-state index contributed by atoms with van der Waals surface area (Å²) in [6.45, 7) is 10.00. The van der Waals surface area contributed by atoms with Gasteiger partial charge in [0.1, 0.15) is 5.75 Å². The van der Waals surface area contributed by atoms with E-state index in [-0.39, 0.29) is 0 Å². The van der Waals surface area contributed by atoms with Crippen molar-refractivity contribution < 1.29 is 9.84 Å². The quantitative estimate of drug-likeness (QED) is 0.865. The molecule has 1 rings (SSSR count). The van der Waals surface area contributed by atoms with E-state index in [4.69, 9.17) is 4.74 Å². The van der Waals surface area contributed by atoms with Crippen LogP contribution in [0.1, 0.15) is 57.2 Å². The standard InChI is InChI=1S/C15H24O2/c1-7-11-8-9-12(10(2)3)13(14(11)17-6)15(4,5)16/h8-10,16H,7H2,1-6H3. The monoisotopic (exact) mass is 236 g/mol. The zero-order chi connectivity index (χ0) is 13.2. The molecule has 0 unspecified atom stereocenters. The first-order valence-corrected chi connectivity index (χ1v) is 6.25. The van der Waals surface area contributed by atoms with Crippen molar-refractivity contribution in [1.82, 2.24) is 0 Å². The third-order valence-corrected chi connectivity index (χ3v) is 3.09. The van der Waals surface area contributed by atoms with Crippen molar-refractivity contribution >= 4 is 0 Å². The number of rotatable bonds is 4. The minimum atomic E-state index is -0.879. The molecule has 96 valence electrons. The normalized spacial score (nSPS) is 12.0. The molecule has 1 N–H and O–H groups in total. The fourth-order valence-electron chi connectivity index (χ4n) is 2.26. The Labute approximate surface area is 105 Å². The van der Waals surface area contributed by atoms with Crippen molar-refractivity contribution in [3.05, 3.63) is 28.8 Å². The molecule has 0 aromatic heterocycles. The molecule has 0 aliphatic rings. The second kappa shape index (κ2) is 5.09. The number of benzene rings is 1. The van der Waals surface area contributed by atoms with Crippen LogP contribution in [0.5, 0.6) is 5.75 Å². The van der Waals surface area contributed by atoms with Gasteiger partial charge in [-0.15, -0.1) is 0 Å². The molecule has 0 heterocycles. The minimum Gasteiger partial charge on any atom is -0.496 e. The highest BCUT2D eigenvalue weighted by atomic mass is 16.5. The van der Waals surface area contributed by atoms with Crippen molar-refractivity contribution in [2.75, 3.05) is 7.11 Å². The highest BCUT2D eigenvalue weighted by Gasteiger charge is 2.27. The fraction of sp³-hybridized carbons (Fsp3) is 0.600. The molecule has 0 radical (unpaired) electrons. The number of aryl methyl sites for hydroxylation is 1. The van der Waals surface area contributed by atoms with E-state index >= 15 is 0 Å². The van der Waals surface area contributed by atoms with E-state index in [9.17, 15) is 5.11 Å². The van der Waals surface area contributed by atoms with Crippen molar-refractivity contribution in [2.45, 2.75) is 52.6 Å². The summed E-state index contributed by atoms with van der Waals surface area (Å²) in [6.07, 6.45) is 0.907. The highest BCUT2D eigenvalue weighted by molar-refractivity contribution is 5.50. The maximum atomic E-state index is 10.4. The van der Waals surface area contributed by atoms with Gasteiger partial charge < -0.3 is 9.84 Å². The average molecular weight is 236 g/mol. The topological polar surface area (TPSA) is 29.5 Å². The molecule has 2 heteroatoms. The molecule has 1 aromatic carbocycles. The second-order valence-electron chi connectivity index (χ2n) is 5.29. The molecule has 0 spiro atoms. The summed E-state index contributed by atoms with van der Waals surface area (Å²) in [5, 5.41) is 10.4. The average Bonchev–Trinajstić information content (AvgIpc) is 2.25. The summed E-state index contributed by atoms with van der Waals surface area (Å²) in [5.41, 5.74) is 2.35. The molecule has 1 aromatic rings. The van der Waals surface area contributed by atoms with Crippen LogP contribution in [0, 0.1) is 0 Å². The lowest BCUT2D eigenvalue weighted by atomic mass is 9.85. The maximum absolute atomic E-state index is 10.4. The molecule has 0 saturated heterocycles. The number of hydrogen-bond donors (Lipinski definition) is 1. The Balaban J connectivity index is 3.56. The Morgan fingerprint density at radius 1 is 1.29 bits per heavy atom. The van der Waals surface area contributed by atoms with E-state index in [1.54, 1.807) is 7.11 Å². The van der Waals surface area contributed by atoms with Gasteiger partial charge in [-0.25, -0.2) is 0 Å². The van der Waals surface area contributed by atoms with Crippen molar-refractivity contribution in [2.24, 2.45) is 0 Å². The van der Waals surface area contributed by atoms with Gasteiger partial charge >= 0.3 is 0 Å². The van der Waals surface area contributed by atoms with Crippen LogP contribution in [-0.4, -0.2) is 12.2 Å². The van der Waals surface area contributed by atoms with E-state index in [1.807, 2.05) is 13.8 Å². The van der Waals surface area contributed by atoms with E-state index < -0.39 is 5.60 Å². The van der Waals surface area contributed by atoms with Crippen molar-refractivity contribution in [1.29, 1.82) is 0 Å². The lowest BCUT2D eigenvalue weighted by molar-refractivity contribution is 0.0742. The predicted molar refractivity (Wildman–Crippen MR) is 71.7 cm³/mol. The summed E-state index contributed by atoms with van der Waals surface area (Å²) >= 11 is 0. The van der Waals surface area contributed by atoms with Gasteiger partial charge in [-0.2, -0.15) is 0 Å². The SMILES string of the molecule is CCc1ccc(C(C)C)c(C(C)(C)O)c1OC. The van der Waals surface area contributed by atoms with Gasteiger partial charge in [0.05, 0.1) is 12.7 Å². The minimum absolute atomic E-state index is 0.372. The van der Waals surface area contributed by atoms with Crippen LogP contribution >= 0.6 is 0 Å². The molecular weight excluding hydrogens is 212 g/mol. The Morgan fingerprint density at radius 2 is 1.88 bits per heavy atom. The van der Waals surface area contributed by atoms with E-state index in [0.29, 0.717) is 5.92 Å². The third kappa shape index (κ3) is 2.81. The predicted octanol–water partition coefficient (Wildman–Crippen LogP) is 3.61. The zero-order valence-corrected chi connectivity index (χ0v) is 11.8. The first-order valence-electron chi connectivity index (χ1n) is 6.25. The number of hydrogen-bond acceptors (Lipinski definition) is 2. The van der Waals surface area contributed by atoms with Crippen LogP contribution in [0.2, 0.25) is 0 Å². The first kappa shape index (κ1) is 14.0. The Kier molecular flexibility index (Phi) is 4.21. The molecule has 2 nitrogen and oxygen atoms in total. The lowest BCUT2D eigenvalue weighted by Crippen LogP contribution is -2.20. The van der Waals surface area contributed by atoms with E-state index in [1.165, 1.54) is 0 Å². The highest BCUT2D eigenvalue weighted by Crippen LogP contribution is 2.38. The number of aliphatic hydroxyl groups is 1. The van der Waals surface area contributed by atoms with Crippen LogP contribution in [0.3, 0.4) is 0 Å². The fourth-order valence-corrected chi connectivity index (χ4v) is 2.26. The van der Waals surface area contributed by atoms with Crippen LogP contribution in [0.25, 0.3) is 0 Å². The summed E-state index contributed by atoms with van der Waals surface area (Å²) in [4.78, 5) is 0. The lowest BCUT2D eigenvalue weighted by Gasteiger charge is -2.27.